The minimum Gasteiger partial charge on any atom is -0.314 e. The van der Waals surface area contributed by atoms with Crippen LogP contribution in [0.15, 0.2) is 176 Å². The first-order valence-corrected chi connectivity index (χ1v) is 16.3. The number of allylic oxidation sites excluding steroid dienone is 2. The van der Waals surface area contributed by atoms with Gasteiger partial charge in [-0.3, -0.25) is 0 Å². The van der Waals surface area contributed by atoms with E-state index in [1.807, 2.05) is 0 Å². The monoisotopic (exact) mass is 592 g/mol. The fraction of sp³-hybridized carbons (Fsp3) is 0.0909. The summed E-state index contributed by atoms with van der Waals surface area (Å²) in [6.07, 6.45) is 7.17. The molecule has 0 aromatic heterocycles. The zero-order valence-corrected chi connectivity index (χ0v) is 25.9. The van der Waals surface area contributed by atoms with Crippen molar-refractivity contribution in [2.75, 3.05) is 9.80 Å². The first kappa shape index (κ1) is 27.9. The number of benzene rings is 7. The van der Waals surface area contributed by atoms with E-state index in [4.69, 9.17) is 0 Å². The van der Waals surface area contributed by atoms with Crippen molar-refractivity contribution in [2.24, 2.45) is 0 Å². The summed E-state index contributed by atoms with van der Waals surface area (Å²) in [6.45, 7) is 0. The zero-order chi connectivity index (χ0) is 30.7. The lowest BCUT2D eigenvalue weighted by Gasteiger charge is -2.31. The van der Waals surface area contributed by atoms with E-state index in [2.05, 4.69) is 180 Å². The highest BCUT2D eigenvalue weighted by atomic mass is 15.2. The van der Waals surface area contributed by atoms with Crippen LogP contribution in [0.1, 0.15) is 25.7 Å². The Labute approximate surface area is 271 Å². The Morgan fingerprint density at radius 1 is 0.370 bits per heavy atom. The van der Waals surface area contributed by atoms with Gasteiger partial charge in [0, 0.05) is 33.5 Å². The van der Waals surface area contributed by atoms with Gasteiger partial charge in [-0.05, 0) is 96.1 Å². The quantitative estimate of drug-likeness (QED) is 0.182. The van der Waals surface area contributed by atoms with Crippen LogP contribution in [0.2, 0.25) is 0 Å². The molecule has 2 heteroatoms. The van der Waals surface area contributed by atoms with Crippen LogP contribution in [0.25, 0.3) is 32.7 Å². The molecule has 0 aliphatic heterocycles. The molecule has 2 nitrogen and oxygen atoms in total. The van der Waals surface area contributed by atoms with Crippen LogP contribution >= 0.6 is 0 Å². The van der Waals surface area contributed by atoms with Crippen molar-refractivity contribution in [3.63, 3.8) is 0 Å². The Balaban J connectivity index is 1.15. The highest BCUT2D eigenvalue weighted by molar-refractivity contribution is 5.99. The molecular formula is C44H36N2. The summed E-state index contributed by atoms with van der Waals surface area (Å²) in [6, 6.07) is 59.3. The third kappa shape index (κ3) is 5.33. The van der Waals surface area contributed by atoms with Gasteiger partial charge in [0.15, 0.2) is 0 Å². The third-order valence-electron chi connectivity index (χ3n) is 9.17. The Kier molecular flexibility index (Phi) is 7.54. The normalized spacial score (nSPS) is 13.0. The maximum atomic E-state index is 2.48. The summed E-state index contributed by atoms with van der Waals surface area (Å²) in [5.41, 5.74) is 9.71. The molecule has 0 amide bonds. The van der Waals surface area contributed by atoms with Crippen LogP contribution in [-0.4, -0.2) is 0 Å². The van der Waals surface area contributed by atoms with E-state index in [0.29, 0.717) is 0 Å². The lowest BCUT2D eigenvalue weighted by Crippen LogP contribution is -2.18. The minimum absolute atomic E-state index is 1.10. The SMILES string of the molecule is C1=C(N(c2ccc(-c3ccc(N(c4ccccc4)c4cccc5ccccc45)cc3)cc2)c2cccc3ccccc23)CCCC1. The molecule has 0 radical (unpaired) electrons. The van der Waals surface area contributed by atoms with Crippen LogP contribution in [0.5, 0.6) is 0 Å². The molecule has 0 saturated heterocycles. The van der Waals surface area contributed by atoms with Crippen LogP contribution in [0.4, 0.5) is 28.4 Å². The van der Waals surface area contributed by atoms with Gasteiger partial charge in [-0.25, -0.2) is 0 Å². The molecule has 0 unspecified atom stereocenters. The Morgan fingerprint density at radius 2 is 0.848 bits per heavy atom. The van der Waals surface area contributed by atoms with Gasteiger partial charge in [-0.1, -0.05) is 121 Å². The third-order valence-corrected chi connectivity index (χ3v) is 9.17. The van der Waals surface area contributed by atoms with Crippen molar-refractivity contribution in [1.82, 2.24) is 0 Å². The van der Waals surface area contributed by atoms with E-state index < -0.39 is 0 Å². The van der Waals surface area contributed by atoms with E-state index in [0.717, 1.165) is 24.2 Å². The second-order valence-electron chi connectivity index (χ2n) is 12.0. The number of fused-ring (bicyclic) bond motifs is 2. The second-order valence-corrected chi connectivity index (χ2v) is 12.0. The molecule has 222 valence electrons. The fourth-order valence-electron chi connectivity index (χ4n) is 6.90. The molecule has 7 aromatic rings. The molecule has 0 N–H and O–H groups in total. The Bertz CT molecular complexity index is 2130. The first-order chi connectivity index (χ1) is 22.8. The van der Waals surface area contributed by atoms with Gasteiger partial charge in [0.05, 0.1) is 11.4 Å². The van der Waals surface area contributed by atoms with Gasteiger partial charge in [-0.15, -0.1) is 0 Å². The number of hydrogen-bond donors (Lipinski definition) is 0. The molecule has 1 aliphatic carbocycles. The summed E-state index contributed by atoms with van der Waals surface area (Å²) >= 11 is 0. The van der Waals surface area contributed by atoms with Crippen LogP contribution < -0.4 is 9.80 Å². The summed E-state index contributed by atoms with van der Waals surface area (Å²) < 4.78 is 0. The molecule has 0 bridgehead atoms. The van der Waals surface area contributed by atoms with Crippen molar-refractivity contribution in [1.29, 1.82) is 0 Å². The van der Waals surface area contributed by atoms with E-state index in [-0.39, 0.29) is 0 Å². The Hall–Kier alpha value is -5.60. The molecule has 0 heterocycles. The predicted octanol–water partition coefficient (Wildman–Crippen LogP) is 12.7. The summed E-state index contributed by atoms with van der Waals surface area (Å²) in [4.78, 5) is 4.84. The highest BCUT2D eigenvalue weighted by Gasteiger charge is 2.19. The first-order valence-electron chi connectivity index (χ1n) is 16.3. The predicted molar refractivity (Wildman–Crippen MR) is 197 cm³/mol. The van der Waals surface area contributed by atoms with Crippen molar-refractivity contribution >= 4 is 50.0 Å². The average Bonchev–Trinajstić information content (AvgIpc) is 3.14. The van der Waals surface area contributed by atoms with Crippen molar-refractivity contribution in [2.45, 2.75) is 25.7 Å². The number of rotatable bonds is 7. The lowest BCUT2D eigenvalue weighted by molar-refractivity contribution is 0.691. The maximum absolute atomic E-state index is 2.48. The van der Waals surface area contributed by atoms with Gasteiger partial charge >= 0.3 is 0 Å². The van der Waals surface area contributed by atoms with Crippen molar-refractivity contribution in [3.05, 3.63) is 176 Å². The molecule has 7 aromatic carbocycles. The molecule has 0 fully saturated rings. The maximum Gasteiger partial charge on any atom is 0.0540 e. The van der Waals surface area contributed by atoms with Crippen molar-refractivity contribution < 1.29 is 0 Å². The lowest BCUT2D eigenvalue weighted by atomic mass is 9.99. The van der Waals surface area contributed by atoms with Crippen molar-refractivity contribution in [3.8, 4) is 11.1 Å². The molecule has 0 saturated carbocycles. The van der Waals surface area contributed by atoms with Gasteiger partial charge in [0.2, 0.25) is 0 Å². The number of hydrogen-bond acceptors (Lipinski definition) is 2. The number of nitrogens with zero attached hydrogens (tertiary/aromatic N) is 2. The highest BCUT2D eigenvalue weighted by Crippen LogP contribution is 2.41. The Morgan fingerprint density at radius 3 is 1.41 bits per heavy atom. The summed E-state index contributed by atoms with van der Waals surface area (Å²) in [5.74, 6) is 0. The largest absolute Gasteiger partial charge is 0.314 e. The zero-order valence-electron chi connectivity index (χ0n) is 25.9. The molecule has 0 spiro atoms. The number of para-hydroxylation sites is 1. The average molecular weight is 593 g/mol. The van der Waals surface area contributed by atoms with E-state index in [9.17, 15) is 0 Å². The molecule has 8 rings (SSSR count). The number of anilines is 5. The van der Waals surface area contributed by atoms with Gasteiger partial charge < -0.3 is 9.80 Å². The summed E-state index contributed by atoms with van der Waals surface area (Å²) in [7, 11) is 0. The van der Waals surface area contributed by atoms with E-state index in [1.54, 1.807) is 0 Å². The summed E-state index contributed by atoms with van der Waals surface area (Å²) in [5, 5.41) is 5.02. The van der Waals surface area contributed by atoms with Gasteiger partial charge in [0.25, 0.3) is 0 Å². The molecule has 1 aliphatic rings. The fourth-order valence-corrected chi connectivity index (χ4v) is 6.90. The van der Waals surface area contributed by atoms with Crippen LogP contribution in [0, 0.1) is 0 Å². The topological polar surface area (TPSA) is 6.48 Å². The van der Waals surface area contributed by atoms with Crippen LogP contribution in [-0.2, 0) is 0 Å². The minimum atomic E-state index is 1.10. The van der Waals surface area contributed by atoms with Gasteiger partial charge in [0.1, 0.15) is 0 Å². The van der Waals surface area contributed by atoms with E-state index in [1.165, 1.54) is 68.3 Å². The standard InChI is InChI=1S/C44H36N2/c1-3-17-37(18-4-1)45(43-23-11-15-35-13-7-9-21-41(35)43)39-29-25-33(26-30-39)34-27-31-40(32-28-34)46(38-19-5-2-6-20-38)44-24-12-16-36-14-8-10-22-42(36)44/h1,3-4,7-19,21-32H,2,5-6,20H2. The van der Waals surface area contributed by atoms with Crippen LogP contribution in [0.3, 0.4) is 0 Å². The molecule has 46 heavy (non-hydrogen) atoms. The molecule has 0 atom stereocenters. The smallest absolute Gasteiger partial charge is 0.0540 e. The van der Waals surface area contributed by atoms with E-state index >= 15 is 0 Å². The molecular weight excluding hydrogens is 556 g/mol. The van der Waals surface area contributed by atoms with Gasteiger partial charge in [-0.2, -0.15) is 0 Å². The second kappa shape index (κ2) is 12.4.